The number of benzene rings is 2. The van der Waals surface area contributed by atoms with E-state index in [1.807, 2.05) is 41.3 Å². The zero-order chi connectivity index (χ0) is 16.0. The molecular formula is C18H16N2O2S. The van der Waals surface area contributed by atoms with Gasteiger partial charge in [0.05, 0.1) is 12.8 Å². The maximum absolute atomic E-state index is 12.9. The number of hydrogen-bond acceptors (Lipinski definition) is 3. The summed E-state index contributed by atoms with van der Waals surface area (Å²) in [4.78, 5) is 16.6. The lowest BCUT2D eigenvalue weighted by Gasteiger charge is -2.30. The highest BCUT2D eigenvalue weighted by molar-refractivity contribution is 7.80. The van der Waals surface area contributed by atoms with Crippen LogP contribution in [0.2, 0.25) is 0 Å². The summed E-state index contributed by atoms with van der Waals surface area (Å²) in [5, 5.41) is 0.572. The minimum absolute atomic E-state index is 0.0396. The normalized spacial score (nSPS) is 19.6. The van der Waals surface area contributed by atoms with Crippen LogP contribution < -0.4 is 9.64 Å². The summed E-state index contributed by atoms with van der Waals surface area (Å²) in [5.74, 6) is 0.754. The molecule has 1 saturated heterocycles. The molecule has 2 aromatic rings. The Morgan fingerprint density at radius 3 is 2.70 bits per heavy atom. The highest BCUT2D eigenvalue weighted by Crippen LogP contribution is 2.34. The first-order valence-electron chi connectivity index (χ1n) is 7.54. The number of carbonyl (C=O) groups is 1. The molecule has 0 aromatic heterocycles. The first-order chi connectivity index (χ1) is 11.2. The van der Waals surface area contributed by atoms with Crippen molar-refractivity contribution < 1.29 is 9.53 Å². The summed E-state index contributed by atoms with van der Waals surface area (Å²) in [7, 11) is 1.61. The first-order valence-corrected chi connectivity index (χ1v) is 7.95. The summed E-state index contributed by atoms with van der Waals surface area (Å²) in [6, 6.07) is 15.5. The van der Waals surface area contributed by atoms with Crippen molar-refractivity contribution in [1.82, 2.24) is 4.90 Å². The van der Waals surface area contributed by atoms with E-state index in [-0.39, 0.29) is 11.9 Å². The Morgan fingerprint density at radius 2 is 1.91 bits per heavy atom. The van der Waals surface area contributed by atoms with Crippen LogP contribution in [0.25, 0.3) is 0 Å². The van der Waals surface area contributed by atoms with Crippen LogP contribution in [0.3, 0.4) is 0 Å². The molecule has 0 spiro atoms. The Balaban J connectivity index is 1.71. The van der Waals surface area contributed by atoms with Gasteiger partial charge < -0.3 is 9.64 Å². The van der Waals surface area contributed by atoms with Gasteiger partial charge in [-0.1, -0.05) is 30.3 Å². The van der Waals surface area contributed by atoms with E-state index in [1.165, 1.54) is 11.1 Å². The fraction of sp³-hybridized carbons (Fsp3) is 0.222. The van der Waals surface area contributed by atoms with Gasteiger partial charge in [-0.15, -0.1) is 0 Å². The largest absolute Gasteiger partial charge is 0.497 e. The minimum Gasteiger partial charge on any atom is -0.497 e. The van der Waals surface area contributed by atoms with Crippen molar-refractivity contribution in [2.45, 2.75) is 19.0 Å². The fourth-order valence-electron chi connectivity index (χ4n) is 3.30. The van der Waals surface area contributed by atoms with Crippen molar-refractivity contribution in [1.29, 1.82) is 0 Å². The van der Waals surface area contributed by atoms with E-state index >= 15 is 0 Å². The molecule has 4 nitrogen and oxygen atoms in total. The summed E-state index contributed by atoms with van der Waals surface area (Å²) < 4.78 is 5.26. The summed E-state index contributed by atoms with van der Waals surface area (Å²) in [5.41, 5.74) is 3.24. The number of nitrogens with zero attached hydrogens (tertiary/aromatic N) is 2. The lowest BCUT2D eigenvalue weighted by molar-refractivity contribution is -0.119. The molecule has 0 saturated carbocycles. The SMILES string of the molecule is COc1cccc(N2C(=O)[C@@H]3Cc4ccccc4CN3C2=S)c1. The van der Waals surface area contributed by atoms with Gasteiger partial charge in [0.1, 0.15) is 11.8 Å². The van der Waals surface area contributed by atoms with Gasteiger partial charge in [0.25, 0.3) is 5.91 Å². The summed E-state index contributed by atoms with van der Waals surface area (Å²) in [6.45, 7) is 0.686. The molecule has 2 aromatic carbocycles. The number of hydrogen-bond donors (Lipinski definition) is 0. The Kier molecular flexibility index (Phi) is 3.31. The van der Waals surface area contributed by atoms with Crippen LogP contribution in [0.15, 0.2) is 48.5 Å². The maximum Gasteiger partial charge on any atom is 0.256 e. The molecule has 2 aliphatic heterocycles. The van der Waals surface area contributed by atoms with E-state index in [9.17, 15) is 4.79 Å². The molecule has 0 radical (unpaired) electrons. The quantitative estimate of drug-likeness (QED) is 0.795. The molecule has 5 heteroatoms. The monoisotopic (exact) mass is 324 g/mol. The van der Waals surface area contributed by atoms with Gasteiger partial charge in [-0.3, -0.25) is 9.69 Å². The van der Waals surface area contributed by atoms with Crippen LogP contribution in [0.4, 0.5) is 5.69 Å². The highest BCUT2D eigenvalue weighted by atomic mass is 32.1. The molecule has 2 aliphatic rings. The van der Waals surface area contributed by atoms with Gasteiger partial charge in [-0.25, -0.2) is 0 Å². The molecular weight excluding hydrogens is 308 g/mol. The number of carbonyl (C=O) groups excluding carboxylic acids is 1. The number of methoxy groups -OCH3 is 1. The molecule has 0 bridgehead atoms. The minimum atomic E-state index is -0.205. The van der Waals surface area contributed by atoms with E-state index in [2.05, 4.69) is 12.1 Å². The lowest BCUT2D eigenvalue weighted by Crippen LogP contribution is -2.39. The second-order valence-corrected chi connectivity index (χ2v) is 6.14. The van der Waals surface area contributed by atoms with Crippen LogP contribution >= 0.6 is 12.2 Å². The summed E-state index contributed by atoms with van der Waals surface area (Å²) in [6.07, 6.45) is 0.704. The molecule has 1 amide bonds. The molecule has 1 fully saturated rings. The van der Waals surface area contributed by atoms with E-state index in [1.54, 1.807) is 12.0 Å². The van der Waals surface area contributed by atoms with E-state index in [0.29, 0.717) is 23.8 Å². The maximum atomic E-state index is 12.9. The third-order valence-electron chi connectivity index (χ3n) is 4.50. The second kappa shape index (κ2) is 5.35. The van der Waals surface area contributed by atoms with Crippen LogP contribution in [-0.2, 0) is 17.8 Å². The average molecular weight is 324 g/mol. The Hall–Kier alpha value is -2.40. The molecule has 2 heterocycles. The smallest absolute Gasteiger partial charge is 0.256 e. The van der Waals surface area contributed by atoms with Crippen LogP contribution in [0, 0.1) is 0 Å². The van der Waals surface area contributed by atoms with Crippen LogP contribution in [0.5, 0.6) is 5.75 Å². The molecule has 0 N–H and O–H groups in total. The molecule has 23 heavy (non-hydrogen) atoms. The number of anilines is 1. The van der Waals surface area contributed by atoms with Crippen molar-refractivity contribution in [2.24, 2.45) is 0 Å². The van der Waals surface area contributed by atoms with Crippen molar-refractivity contribution in [2.75, 3.05) is 12.0 Å². The van der Waals surface area contributed by atoms with Crippen molar-refractivity contribution in [3.8, 4) is 5.75 Å². The molecule has 116 valence electrons. The van der Waals surface area contributed by atoms with Gasteiger partial charge in [-0.2, -0.15) is 0 Å². The number of ether oxygens (including phenoxy) is 1. The van der Waals surface area contributed by atoms with Crippen molar-refractivity contribution >= 4 is 28.9 Å². The van der Waals surface area contributed by atoms with Crippen LogP contribution in [0.1, 0.15) is 11.1 Å². The van der Waals surface area contributed by atoms with Gasteiger partial charge in [0.15, 0.2) is 5.11 Å². The van der Waals surface area contributed by atoms with Gasteiger partial charge in [-0.05, 0) is 35.5 Å². The average Bonchev–Trinajstić information content (AvgIpc) is 2.83. The number of fused-ring (bicyclic) bond motifs is 2. The highest BCUT2D eigenvalue weighted by Gasteiger charge is 2.45. The Morgan fingerprint density at radius 1 is 1.13 bits per heavy atom. The molecule has 4 rings (SSSR count). The van der Waals surface area contributed by atoms with Gasteiger partial charge in [0, 0.05) is 19.0 Å². The van der Waals surface area contributed by atoms with E-state index in [4.69, 9.17) is 17.0 Å². The molecule has 0 aliphatic carbocycles. The third-order valence-corrected chi connectivity index (χ3v) is 4.92. The Labute approximate surface area is 140 Å². The molecule has 1 atom stereocenters. The van der Waals surface area contributed by atoms with Gasteiger partial charge >= 0.3 is 0 Å². The number of amides is 1. The van der Waals surface area contributed by atoms with E-state index in [0.717, 1.165) is 5.69 Å². The lowest BCUT2D eigenvalue weighted by atomic mass is 9.95. The van der Waals surface area contributed by atoms with Gasteiger partial charge in [0.2, 0.25) is 0 Å². The second-order valence-electron chi connectivity index (χ2n) is 5.77. The molecule has 0 unspecified atom stereocenters. The zero-order valence-corrected chi connectivity index (χ0v) is 13.5. The number of thiocarbonyl (C=S) groups is 1. The predicted octanol–water partition coefficient (Wildman–Crippen LogP) is 2.75. The zero-order valence-electron chi connectivity index (χ0n) is 12.7. The van der Waals surface area contributed by atoms with Crippen molar-refractivity contribution in [3.63, 3.8) is 0 Å². The first kappa shape index (κ1) is 14.2. The van der Waals surface area contributed by atoms with Crippen LogP contribution in [-0.4, -0.2) is 29.1 Å². The van der Waals surface area contributed by atoms with E-state index < -0.39 is 0 Å². The number of rotatable bonds is 2. The third kappa shape index (κ3) is 2.19. The topological polar surface area (TPSA) is 32.8 Å². The fourth-order valence-corrected chi connectivity index (χ4v) is 3.69. The summed E-state index contributed by atoms with van der Waals surface area (Å²) >= 11 is 5.60. The van der Waals surface area contributed by atoms with Crippen molar-refractivity contribution in [3.05, 3.63) is 59.7 Å². The predicted molar refractivity (Wildman–Crippen MR) is 92.6 cm³/mol. The standard InChI is InChI=1S/C18H16N2O2S/c1-22-15-8-4-7-14(10-15)20-17(21)16-9-12-5-2-3-6-13(12)11-19(16)18(20)23/h2-8,10,16H,9,11H2,1H3/t16-/m0/s1. The Bertz CT molecular complexity index is 762.